The predicted octanol–water partition coefficient (Wildman–Crippen LogP) is 4.56. The molecule has 2 amide bonds. The highest BCUT2D eigenvalue weighted by molar-refractivity contribution is 7.13. The quantitative estimate of drug-likeness (QED) is 0.538. The van der Waals surface area contributed by atoms with Crippen molar-refractivity contribution >= 4 is 34.6 Å². The molecule has 2 aromatic carbocycles. The Morgan fingerprint density at radius 2 is 1.88 bits per heavy atom. The van der Waals surface area contributed by atoms with Crippen molar-refractivity contribution in [3.63, 3.8) is 0 Å². The lowest BCUT2D eigenvalue weighted by molar-refractivity contribution is -0.132. The van der Waals surface area contributed by atoms with E-state index in [-0.39, 0.29) is 11.8 Å². The molecule has 0 spiro atoms. The number of thiazole rings is 1. The lowest BCUT2D eigenvalue weighted by Gasteiger charge is -2.24. The molecule has 0 radical (unpaired) electrons. The van der Waals surface area contributed by atoms with E-state index < -0.39 is 0 Å². The lowest BCUT2D eigenvalue weighted by atomic mass is 10.0. The number of aryl methyl sites for hydroxylation is 2. The van der Waals surface area contributed by atoms with Crippen LogP contribution in [0.4, 0.5) is 5.69 Å². The second-order valence-electron chi connectivity index (χ2n) is 7.87. The van der Waals surface area contributed by atoms with Crippen molar-refractivity contribution < 1.29 is 19.1 Å². The van der Waals surface area contributed by atoms with E-state index >= 15 is 0 Å². The molecule has 0 aliphatic carbocycles. The Labute approximate surface area is 202 Å². The first-order chi connectivity index (χ1) is 16.4. The van der Waals surface area contributed by atoms with Crippen LogP contribution < -0.4 is 14.8 Å². The van der Waals surface area contributed by atoms with Crippen LogP contribution in [0.5, 0.6) is 11.5 Å². The van der Waals surface area contributed by atoms with Gasteiger partial charge in [0.15, 0.2) is 11.5 Å². The van der Waals surface area contributed by atoms with Gasteiger partial charge in [-0.3, -0.25) is 9.59 Å². The van der Waals surface area contributed by atoms with Crippen LogP contribution in [0.3, 0.4) is 0 Å². The van der Waals surface area contributed by atoms with Crippen molar-refractivity contribution in [3.05, 3.63) is 69.2 Å². The summed E-state index contributed by atoms with van der Waals surface area (Å²) in [5.41, 5.74) is 3.92. The first kappa shape index (κ1) is 23.4. The summed E-state index contributed by atoms with van der Waals surface area (Å²) in [6, 6.07) is 13.0. The summed E-state index contributed by atoms with van der Waals surface area (Å²) in [5.74, 6) is 1.01. The van der Waals surface area contributed by atoms with Crippen LogP contribution in [0.15, 0.2) is 47.6 Å². The number of nitrogens with zero attached hydrogens (tertiary/aromatic N) is 3. The van der Waals surface area contributed by atoms with Gasteiger partial charge in [0.05, 0.1) is 37.2 Å². The maximum Gasteiger partial charge on any atom is 0.267 e. The summed E-state index contributed by atoms with van der Waals surface area (Å²) >= 11 is 1.37. The SMILES string of the molecule is COc1ccc(C2=NN(Cc3cccc(NC(=O)c4sc(C)nc4C)c3)C(=O)CC2)cc1OC. The highest BCUT2D eigenvalue weighted by Crippen LogP contribution is 2.29. The summed E-state index contributed by atoms with van der Waals surface area (Å²) < 4.78 is 10.7. The number of hydrogen-bond donors (Lipinski definition) is 1. The molecule has 2 heterocycles. The second kappa shape index (κ2) is 10.0. The van der Waals surface area contributed by atoms with Crippen molar-refractivity contribution in [2.24, 2.45) is 5.10 Å². The molecule has 0 saturated heterocycles. The number of methoxy groups -OCH3 is 2. The minimum Gasteiger partial charge on any atom is -0.493 e. The Kier molecular flexibility index (Phi) is 6.93. The molecule has 0 fully saturated rings. The monoisotopic (exact) mass is 478 g/mol. The van der Waals surface area contributed by atoms with Gasteiger partial charge in [-0.05, 0) is 49.7 Å². The van der Waals surface area contributed by atoms with Gasteiger partial charge in [0.25, 0.3) is 5.91 Å². The molecule has 176 valence electrons. The third-order valence-electron chi connectivity index (χ3n) is 5.45. The van der Waals surface area contributed by atoms with E-state index in [4.69, 9.17) is 9.47 Å². The summed E-state index contributed by atoms with van der Waals surface area (Å²) in [6.45, 7) is 4.00. The van der Waals surface area contributed by atoms with Crippen molar-refractivity contribution in [1.29, 1.82) is 0 Å². The number of hydrogen-bond acceptors (Lipinski definition) is 7. The van der Waals surface area contributed by atoms with Gasteiger partial charge in [0, 0.05) is 24.1 Å². The number of carbonyl (C=O) groups is 2. The maximum absolute atomic E-state index is 12.7. The van der Waals surface area contributed by atoms with Gasteiger partial charge in [-0.2, -0.15) is 5.10 Å². The number of amides is 2. The van der Waals surface area contributed by atoms with E-state index in [0.717, 1.165) is 21.8 Å². The number of ether oxygens (including phenoxy) is 2. The normalized spacial score (nSPS) is 13.5. The third kappa shape index (κ3) is 5.09. The fourth-order valence-electron chi connectivity index (χ4n) is 3.80. The van der Waals surface area contributed by atoms with Crippen molar-refractivity contribution in [3.8, 4) is 11.5 Å². The molecule has 1 aliphatic rings. The Balaban J connectivity index is 1.52. The van der Waals surface area contributed by atoms with E-state index in [9.17, 15) is 9.59 Å². The zero-order valence-corrected chi connectivity index (χ0v) is 20.4. The standard InChI is InChI=1S/C25H26N4O4S/c1-15-24(34-16(2)26-15)25(31)27-19-7-5-6-17(12-19)14-29-23(30)11-9-20(28-29)18-8-10-21(32-3)22(13-18)33-4/h5-8,10,12-13H,9,11,14H2,1-4H3,(H,27,31). The van der Waals surface area contributed by atoms with E-state index in [0.29, 0.717) is 47.1 Å². The molecule has 1 aliphatic heterocycles. The maximum atomic E-state index is 12.7. The van der Waals surface area contributed by atoms with Gasteiger partial charge >= 0.3 is 0 Å². The fourth-order valence-corrected chi connectivity index (χ4v) is 4.61. The summed E-state index contributed by atoms with van der Waals surface area (Å²) in [7, 11) is 3.18. The zero-order chi connectivity index (χ0) is 24.2. The molecular weight excluding hydrogens is 452 g/mol. The van der Waals surface area contributed by atoms with Gasteiger partial charge in [-0.1, -0.05) is 12.1 Å². The van der Waals surface area contributed by atoms with Crippen LogP contribution >= 0.6 is 11.3 Å². The van der Waals surface area contributed by atoms with E-state index in [1.807, 2.05) is 56.3 Å². The minimum absolute atomic E-state index is 0.0468. The molecule has 1 aromatic heterocycles. The topological polar surface area (TPSA) is 93.1 Å². The van der Waals surface area contributed by atoms with Gasteiger partial charge < -0.3 is 14.8 Å². The minimum atomic E-state index is -0.192. The van der Waals surface area contributed by atoms with Crippen molar-refractivity contribution in [2.75, 3.05) is 19.5 Å². The fraction of sp³-hybridized carbons (Fsp3) is 0.280. The number of anilines is 1. The molecule has 0 saturated carbocycles. The highest BCUT2D eigenvalue weighted by Gasteiger charge is 2.22. The largest absolute Gasteiger partial charge is 0.493 e. The second-order valence-corrected chi connectivity index (χ2v) is 9.07. The molecule has 0 unspecified atom stereocenters. The van der Waals surface area contributed by atoms with Gasteiger partial charge in [0.1, 0.15) is 4.88 Å². The number of hydrazone groups is 1. The van der Waals surface area contributed by atoms with Gasteiger partial charge in [0.2, 0.25) is 5.91 Å². The van der Waals surface area contributed by atoms with Crippen LogP contribution in [-0.4, -0.2) is 41.7 Å². The van der Waals surface area contributed by atoms with Crippen LogP contribution in [0, 0.1) is 13.8 Å². The third-order valence-corrected chi connectivity index (χ3v) is 6.52. The molecule has 9 heteroatoms. The summed E-state index contributed by atoms with van der Waals surface area (Å²) in [4.78, 5) is 30.1. The average molecular weight is 479 g/mol. The van der Waals surface area contributed by atoms with E-state index in [2.05, 4.69) is 15.4 Å². The number of benzene rings is 2. The van der Waals surface area contributed by atoms with Crippen LogP contribution in [0.25, 0.3) is 0 Å². The first-order valence-corrected chi connectivity index (χ1v) is 11.6. The average Bonchev–Trinajstić information content (AvgIpc) is 3.18. The van der Waals surface area contributed by atoms with Crippen LogP contribution in [-0.2, 0) is 11.3 Å². The Bertz CT molecular complexity index is 1270. The Morgan fingerprint density at radius 3 is 2.59 bits per heavy atom. The Hall–Kier alpha value is -3.72. The predicted molar refractivity (Wildman–Crippen MR) is 132 cm³/mol. The van der Waals surface area contributed by atoms with E-state index in [1.165, 1.54) is 16.3 Å². The molecule has 34 heavy (non-hydrogen) atoms. The molecule has 0 bridgehead atoms. The molecule has 4 rings (SSSR count). The van der Waals surface area contributed by atoms with Gasteiger partial charge in [-0.15, -0.1) is 11.3 Å². The van der Waals surface area contributed by atoms with E-state index in [1.54, 1.807) is 14.2 Å². The lowest BCUT2D eigenvalue weighted by Crippen LogP contribution is -2.31. The molecule has 8 nitrogen and oxygen atoms in total. The smallest absolute Gasteiger partial charge is 0.267 e. The van der Waals surface area contributed by atoms with Crippen molar-refractivity contribution in [1.82, 2.24) is 9.99 Å². The molecular formula is C25H26N4O4S. The molecule has 1 N–H and O–H groups in total. The summed E-state index contributed by atoms with van der Waals surface area (Å²) in [5, 5.41) is 9.88. The number of carbonyl (C=O) groups excluding carboxylic acids is 2. The van der Waals surface area contributed by atoms with Crippen LogP contribution in [0.2, 0.25) is 0 Å². The van der Waals surface area contributed by atoms with Gasteiger partial charge in [-0.25, -0.2) is 9.99 Å². The first-order valence-electron chi connectivity index (χ1n) is 10.8. The van der Waals surface area contributed by atoms with Crippen molar-refractivity contribution in [2.45, 2.75) is 33.2 Å². The zero-order valence-electron chi connectivity index (χ0n) is 19.5. The highest BCUT2D eigenvalue weighted by atomic mass is 32.1. The molecule has 3 aromatic rings. The number of rotatable bonds is 7. The number of aromatic nitrogens is 1. The Morgan fingerprint density at radius 1 is 1.09 bits per heavy atom. The molecule has 0 atom stereocenters. The van der Waals surface area contributed by atoms with Crippen LogP contribution in [0.1, 0.15) is 44.3 Å². The number of nitrogens with one attached hydrogen (secondary N) is 1. The summed E-state index contributed by atoms with van der Waals surface area (Å²) in [6.07, 6.45) is 0.919.